The van der Waals surface area contributed by atoms with Crippen molar-refractivity contribution in [3.8, 4) is 17.1 Å². The molecule has 1 aliphatic heterocycles. The Morgan fingerprint density at radius 3 is 2.45 bits per heavy atom. The van der Waals surface area contributed by atoms with Crippen LogP contribution in [0.15, 0.2) is 31.0 Å². The van der Waals surface area contributed by atoms with Crippen LogP contribution in [0.3, 0.4) is 0 Å². The van der Waals surface area contributed by atoms with Crippen LogP contribution < -0.4 is 15.0 Å². The van der Waals surface area contributed by atoms with Gasteiger partial charge in [0.15, 0.2) is 12.4 Å². The van der Waals surface area contributed by atoms with Gasteiger partial charge in [0, 0.05) is 37.1 Å². The largest absolute Gasteiger partial charge is 0.469 e. The van der Waals surface area contributed by atoms with Crippen LogP contribution in [0, 0.1) is 0 Å². The summed E-state index contributed by atoms with van der Waals surface area (Å²) in [6.45, 7) is -0.738. The summed E-state index contributed by atoms with van der Waals surface area (Å²) in [6.07, 6.45) is -0.508. The molecule has 0 atom stereocenters. The van der Waals surface area contributed by atoms with Crippen LogP contribution in [0.2, 0.25) is 0 Å². The Kier molecular flexibility index (Phi) is 8.65. The molecule has 4 heterocycles. The van der Waals surface area contributed by atoms with Gasteiger partial charge in [-0.2, -0.15) is 23.3 Å². The lowest BCUT2D eigenvalue weighted by Gasteiger charge is -2.35. The van der Waals surface area contributed by atoms with Gasteiger partial charge in [-0.25, -0.2) is 23.5 Å². The van der Waals surface area contributed by atoms with Gasteiger partial charge >= 0.3 is 12.3 Å². The lowest BCUT2D eigenvalue weighted by Crippen LogP contribution is -2.45. The zero-order chi connectivity index (χ0) is 29.9. The third-order valence-electron chi connectivity index (χ3n) is 6.76. The van der Waals surface area contributed by atoms with Crippen molar-refractivity contribution in [3.63, 3.8) is 0 Å². The van der Waals surface area contributed by atoms with Crippen LogP contribution in [-0.4, -0.2) is 80.2 Å². The first-order valence-electron chi connectivity index (χ1n) is 13.1. The van der Waals surface area contributed by atoms with Crippen LogP contribution in [0.5, 0.6) is 5.88 Å². The van der Waals surface area contributed by atoms with Crippen molar-refractivity contribution in [1.82, 2.24) is 29.7 Å². The highest BCUT2D eigenvalue weighted by Crippen LogP contribution is 2.36. The fourth-order valence-corrected chi connectivity index (χ4v) is 4.60. The van der Waals surface area contributed by atoms with Gasteiger partial charge in [-0.1, -0.05) is 0 Å². The zero-order valence-corrected chi connectivity index (χ0v) is 22.3. The van der Waals surface area contributed by atoms with Crippen molar-refractivity contribution in [2.45, 2.75) is 56.5 Å². The molecular weight excluding hydrogens is 571 g/mol. The minimum Gasteiger partial charge on any atom is -0.469 e. The standard InChI is InChI=1S/C25H27F5N8O4/c1-37-10-14(6-34-37)19-8-32-21(9-31-19)38(24(39)41-13-20(26)27)16-4-2-15(3-5-16)35-23-33-7-18(25(28,29)30)22(36-23)42-17-11-40-12-17/h6-10,15-17,20H,2-5,11-13H2,1H3,(H,33,35,36). The number of aromatic nitrogens is 6. The highest BCUT2D eigenvalue weighted by molar-refractivity contribution is 5.87. The summed E-state index contributed by atoms with van der Waals surface area (Å²) >= 11 is 0. The molecule has 17 heteroatoms. The van der Waals surface area contributed by atoms with Crippen LogP contribution in [0.25, 0.3) is 11.3 Å². The molecule has 12 nitrogen and oxygen atoms in total. The number of carbonyl (C=O) groups excluding carboxylic acids is 1. The Morgan fingerprint density at radius 1 is 1.12 bits per heavy atom. The van der Waals surface area contributed by atoms with Crippen molar-refractivity contribution in [2.24, 2.45) is 7.05 Å². The van der Waals surface area contributed by atoms with E-state index >= 15 is 0 Å². The molecule has 0 aromatic carbocycles. The van der Waals surface area contributed by atoms with Crippen molar-refractivity contribution in [2.75, 3.05) is 30.0 Å². The molecule has 1 amide bonds. The first-order chi connectivity index (χ1) is 20.1. The topological polar surface area (TPSA) is 129 Å². The predicted molar refractivity (Wildman–Crippen MR) is 136 cm³/mol. The van der Waals surface area contributed by atoms with E-state index in [1.54, 1.807) is 24.1 Å². The second kappa shape index (κ2) is 12.4. The number of hydrogen-bond donors (Lipinski definition) is 1. The maximum atomic E-state index is 13.4. The van der Waals surface area contributed by atoms with Gasteiger partial charge in [0.25, 0.3) is 6.43 Å². The second-order valence-corrected chi connectivity index (χ2v) is 9.84. The van der Waals surface area contributed by atoms with Gasteiger partial charge < -0.3 is 19.5 Å². The van der Waals surface area contributed by atoms with E-state index in [9.17, 15) is 26.7 Å². The van der Waals surface area contributed by atoms with Crippen molar-refractivity contribution >= 4 is 17.9 Å². The molecule has 0 unspecified atom stereocenters. The number of anilines is 2. The molecule has 2 aliphatic rings. The molecule has 226 valence electrons. The normalized spacial score (nSPS) is 19.3. The summed E-state index contributed by atoms with van der Waals surface area (Å²) in [5.41, 5.74) is 0.123. The number of aryl methyl sites for hydroxylation is 1. The third-order valence-corrected chi connectivity index (χ3v) is 6.76. The van der Waals surface area contributed by atoms with Gasteiger partial charge in [-0.05, 0) is 25.7 Å². The molecule has 1 saturated heterocycles. The maximum absolute atomic E-state index is 13.4. The zero-order valence-electron chi connectivity index (χ0n) is 22.3. The Morgan fingerprint density at radius 2 is 1.88 bits per heavy atom. The van der Waals surface area contributed by atoms with Crippen LogP contribution >= 0.6 is 0 Å². The van der Waals surface area contributed by atoms with E-state index in [1.165, 1.54) is 17.3 Å². The van der Waals surface area contributed by atoms with Gasteiger partial charge in [-0.15, -0.1) is 0 Å². The molecule has 1 aliphatic carbocycles. The SMILES string of the molecule is Cn1cc(-c2cnc(N(C(=O)OCC(F)F)C3CCC(Nc4ncc(C(F)(F)F)c(OC5COC5)n4)CC3)cn2)cn1. The van der Waals surface area contributed by atoms with E-state index in [2.05, 4.69) is 30.4 Å². The first-order valence-corrected chi connectivity index (χ1v) is 13.1. The molecule has 2 fully saturated rings. The number of nitrogens with zero attached hydrogens (tertiary/aromatic N) is 7. The Hall–Kier alpha value is -4.15. The Bertz CT molecular complexity index is 1360. The molecule has 1 N–H and O–H groups in total. The molecule has 1 saturated carbocycles. The van der Waals surface area contributed by atoms with E-state index in [1.807, 2.05) is 0 Å². The number of halogens is 5. The van der Waals surface area contributed by atoms with E-state index in [0.29, 0.717) is 43.1 Å². The van der Waals surface area contributed by atoms with Gasteiger partial charge in [-0.3, -0.25) is 14.6 Å². The molecule has 5 rings (SSSR count). The van der Waals surface area contributed by atoms with E-state index < -0.39 is 48.9 Å². The number of nitrogens with one attached hydrogen (secondary N) is 1. The quantitative estimate of drug-likeness (QED) is 0.360. The second-order valence-electron chi connectivity index (χ2n) is 9.84. The van der Waals surface area contributed by atoms with Crippen LogP contribution in [0.4, 0.5) is 38.5 Å². The summed E-state index contributed by atoms with van der Waals surface area (Å²) in [4.78, 5) is 30.6. The van der Waals surface area contributed by atoms with Crippen molar-refractivity contribution in [3.05, 3.63) is 36.5 Å². The van der Waals surface area contributed by atoms with Gasteiger partial charge in [0.1, 0.15) is 11.7 Å². The Labute approximate surface area is 236 Å². The molecule has 0 bridgehead atoms. The third kappa shape index (κ3) is 7.00. The highest BCUT2D eigenvalue weighted by Gasteiger charge is 2.38. The van der Waals surface area contributed by atoms with E-state index in [-0.39, 0.29) is 31.0 Å². The number of carbonyl (C=O) groups is 1. The summed E-state index contributed by atoms with van der Waals surface area (Å²) < 4.78 is 82.6. The fraction of sp³-hybridized carbons (Fsp3) is 0.520. The predicted octanol–water partition coefficient (Wildman–Crippen LogP) is 4.09. The van der Waals surface area contributed by atoms with Gasteiger partial charge in [0.2, 0.25) is 11.8 Å². The monoisotopic (exact) mass is 598 g/mol. The van der Waals surface area contributed by atoms with Gasteiger partial charge in [0.05, 0.1) is 37.5 Å². The van der Waals surface area contributed by atoms with Crippen LogP contribution in [0.1, 0.15) is 31.2 Å². The summed E-state index contributed by atoms with van der Waals surface area (Å²) in [5, 5.41) is 7.12. The molecule has 3 aromatic heterocycles. The highest BCUT2D eigenvalue weighted by atomic mass is 19.4. The lowest BCUT2D eigenvalue weighted by molar-refractivity contribution is -0.142. The summed E-state index contributed by atoms with van der Waals surface area (Å²) in [6, 6.07) is -0.700. The first kappa shape index (κ1) is 29.3. The van der Waals surface area contributed by atoms with Crippen molar-refractivity contribution in [1.29, 1.82) is 0 Å². The van der Waals surface area contributed by atoms with Crippen molar-refractivity contribution < 1.29 is 41.0 Å². The molecule has 0 radical (unpaired) electrons. The molecule has 3 aromatic rings. The fourth-order valence-electron chi connectivity index (χ4n) is 4.60. The Balaban J connectivity index is 1.27. The maximum Gasteiger partial charge on any atom is 0.423 e. The van der Waals surface area contributed by atoms with E-state index in [4.69, 9.17) is 14.2 Å². The average Bonchev–Trinajstić information content (AvgIpc) is 3.37. The minimum absolute atomic E-state index is 0.0354. The van der Waals surface area contributed by atoms with E-state index in [0.717, 1.165) is 0 Å². The number of ether oxygens (including phenoxy) is 3. The number of amides is 1. The molecule has 0 spiro atoms. The smallest absolute Gasteiger partial charge is 0.423 e. The molecule has 42 heavy (non-hydrogen) atoms. The number of hydrogen-bond acceptors (Lipinski definition) is 10. The number of alkyl halides is 5. The van der Waals surface area contributed by atoms with Crippen LogP contribution in [-0.2, 0) is 22.7 Å². The number of rotatable bonds is 9. The molecular formula is C25H27F5N8O4. The summed E-state index contributed by atoms with van der Waals surface area (Å²) in [5.74, 6) is -0.485. The lowest BCUT2D eigenvalue weighted by atomic mass is 9.90. The minimum atomic E-state index is -4.70. The average molecular weight is 599 g/mol. The summed E-state index contributed by atoms with van der Waals surface area (Å²) in [7, 11) is 1.75.